The number of nitrogens with one attached hydrogen (secondary N) is 2. The van der Waals surface area contributed by atoms with Gasteiger partial charge in [0, 0.05) is 19.3 Å². The molecule has 2 N–H and O–H groups in total. The minimum atomic E-state index is -0.391. The molecule has 0 saturated carbocycles. The summed E-state index contributed by atoms with van der Waals surface area (Å²) in [4.78, 5) is 29.9. The third kappa shape index (κ3) is 2.52. The summed E-state index contributed by atoms with van der Waals surface area (Å²) in [6.07, 6.45) is 2.41. The number of amides is 1. The highest BCUT2D eigenvalue weighted by Crippen LogP contribution is 2.17. The number of hydrogen-bond acceptors (Lipinski definition) is 4. The fraction of sp³-hybridized carbons (Fsp3) is 0.333. The average Bonchev–Trinajstić information content (AvgIpc) is 2.61. The van der Waals surface area contributed by atoms with Gasteiger partial charge in [0.25, 0.3) is 11.5 Å². The molecular weight excluding hydrogens is 318 g/mol. The van der Waals surface area contributed by atoms with Gasteiger partial charge >= 0.3 is 0 Å². The smallest absolute Gasteiger partial charge is 0.267 e. The number of aryl methyl sites for hydroxylation is 1. The lowest BCUT2D eigenvalue weighted by atomic mass is 10.1. The molecule has 130 valence electrons. The van der Waals surface area contributed by atoms with Crippen LogP contribution in [0.1, 0.15) is 42.2 Å². The monoisotopic (exact) mass is 339 g/mol. The topological polar surface area (TPSA) is 92.2 Å². The van der Waals surface area contributed by atoms with Gasteiger partial charge in [-0.2, -0.15) is 0 Å². The molecule has 0 aliphatic carbocycles. The van der Waals surface area contributed by atoms with Crippen LogP contribution in [0.15, 0.2) is 29.2 Å². The summed E-state index contributed by atoms with van der Waals surface area (Å²) in [6.45, 7) is 5.84. The molecule has 0 saturated heterocycles. The van der Waals surface area contributed by atoms with Crippen molar-refractivity contribution in [2.45, 2.75) is 33.2 Å². The van der Waals surface area contributed by atoms with Gasteiger partial charge in [-0.1, -0.05) is 13.0 Å². The summed E-state index contributed by atoms with van der Waals surface area (Å²) in [5, 5.41) is 11.3. The van der Waals surface area contributed by atoms with Crippen LogP contribution in [-0.4, -0.2) is 26.9 Å². The van der Waals surface area contributed by atoms with E-state index in [2.05, 4.69) is 10.3 Å². The van der Waals surface area contributed by atoms with Crippen molar-refractivity contribution in [1.82, 2.24) is 19.3 Å². The molecule has 1 atom stereocenters. The number of nitrogens with zero attached hydrogens (tertiary/aromatic N) is 3. The van der Waals surface area contributed by atoms with E-state index in [4.69, 9.17) is 5.41 Å². The quantitative estimate of drug-likeness (QED) is 0.712. The van der Waals surface area contributed by atoms with E-state index in [1.807, 2.05) is 26.8 Å². The number of carbonyl (C=O) groups is 1. The van der Waals surface area contributed by atoms with Crippen LogP contribution in [0.3, 0.4) is 0 Å². The van der Waals surface area contributed by atoms with Crippen molar-refractivity contribution in [3.8, 4) is 0 Å². The van der Waals surface area contributed by atoms with E-state index in [9.17, 15) is 9.59 Å². The first kappa shape index (κ1) is 16.9. The second-order valence-electron chi connectivity index (χ2n) is 6.15. The Balaban J connectivity index is 2.60. The zero-order valence-corrected chi connectivity index (χ0v) is 14.8. The van der Waals surface area contributed by atoms with Gasteiger partial charge in [0.1, 0.15) is 16.8 Å². The largest absolute Gasteiger partial charge is 0.355 e. The number of pyridine rings is 2. The highest BCUT2D eigenvalue weighted by atomic mass is 16.1. The highest BCUT2D eigenvalue weighted by molar-refractivity contribution is 5.96. The van der Waals surface area contributed by atoms with Crippen LogP contribution in [0.5, 0.6) is 0 Å². The number of rotatable bonds is 3. The van der Waals surface area contributed by atoms with Crippen LogP contribution >= 0.6 is 0 Å². The molecule has 0 aliphatic rings. The van der Waals surface area contributed by atoms with Crippen molar-refractivity contribution >= 4 is 22.6 Å². The van der Waals surface area contributed by atoms with E-state index < -0.39 is 5.91 Å². The van der Waals surface area contributed by atoms with E-state index in [0.29, 0.717) is 16.7 Å². The Morgan fingerprint density at radius 3 is 2.76 bits per heavy atom. The van der Waals surface area contributed by atoms with E-state index >= 15 is 0 Å². The molecular formula is C18H21N5O2. The van der Waals surface area contributed by atoms with Gasteiger partial charge in [0.05, 0.1) is 10.9 Å². The Hall–Kier alpha value is -2.96. The second-order valence-corrected chi connectivity index (χ2v) is 6.15. The zero-order valence-electron chi connectivity index (χ0n) is 14.8. The van der Waals surface area contributed by atoms with E-state index in [-0.39, 0.29) is 22.7 Å². The standard InChI is InChI=1S/C18H21N5O2/c1-5-11(3)23-14(19)12(17(24)20-4)9-13-16(23)21-15-10(2)7-6-8-22(15)18(13)25/h6-9,11,19H,5H2,1-4H3,(H,20,24)/t11-/m0/s1. The van der Waals surface area contributed by atoms with Gasteiger partial charge in [-0.3, -0.25) is 19.4 Å². The molecule has 3 heterocycles. The molecule has 0 aliphatic heterocycles. The lowest BCUT2D eigenvalue weighted by Crippen LogP contribution is -2.34. The zero-order chi connectivity index (χ0) is 18.3. The Morgan fingerprint density at radius 2 is 2.12 bits per heavy atom. The molecule has 0 fully saturated rings. The van der Waals surface area contributed by atoms with E-state index in [0.717, 1.165) is 12.0 Å². The summed E-state index contributed by atoms with van der Waals surface area (Å²) < 4.78 is 3.16. The SMILES string of the molecule is CC[C@H](C)n1c(=N)c(C(=O)NC)cc2c(=O)n3cccc(C)c3nc21. The van der Waals surface area contributed by atoms with E-state index in [1.165, 1.54) is 17.5 Å². The lowest BCUT2D eigenvalue weighted by Gasteiger charge is -2.19. The van der Waals surface area contributed by atoms with Gasteiger partial charge in [-0.15, -0.1) is 0 Å². The number of hydrogen-bond donors (Lipinski definition) is 2. The summed E-state index contributed by atoms with van der Waals surface area (Å²) in [5.41, 5.74) is 1.85. The molecule has 3 aromatic rings. The normalized spacial score (nSPS) is 12.5. The van der Waals surface area contributed by atoms with Crippen molar-refractivity contribution < 1.29 is 4.79 Å². The summed E-state index contributed by atoms with van der Waals surface area (Å²) in [5.74, 6) is -0.391. The van der Waals surface area contributed by atoms with Gasteiger partial charge in [0.2, 0.25) is 0 Å². The minimum Gasteiger partial charge on any atom is -0.355 e. The lowest BCUT2D eigenvalue weighted by molar-refractivity contribution is 0.0960. The Bertz CT molecular complexity index is 1110. The Kier molecular flexibility index (Phi) is 4.16. The molecule has 25 heavy (non-hydrogen) atoms. The highest BCUT2D eigenvalue weighted by Gasteiger charge is 2.19. The molecule has 7 heteroatoms. The summed E-state index contributed by atoms with van der Waals surface area (Å²) in [6, 6.07) is 5.08. The fourth-order valence-electron chi connectivity index (χ4n) is 2.98. The van der Waals surface area contributed by atoms with Crippen molar-refractivity contribution in [3.63, 3.8) is 0 Å². The van der Waals surface area contributed by atoms with Gasteiger partial charge < -0.3 is 9.88 Å². The van der Waals surface area contributed by atoms with Crippen LogP contribution in [0.2, 0.25) is 0 Å². The van der Waals surface area contributed by atoms with Gasteiger partial charge in [0.15, 0.2) is 0 Å². The van der Waals surface area contributed by atoms with Crippen LogP contribution in [0.25, 0.3) is 16.7 Å². The molecule has 1 amide bonds. The molecule has 0 bridgehead atoms. The van der Waals surface area contributed by atoms with E-state index in [1.54, 1.807) is 16.8 Å². The molecule has 3 aromatic heterocycles. The predicted octanol–water partition coefficient (Wildman–Crippen LogP) is 1.77. The number of aromatic nitrogens is 3. The number of carbonyl (C=O) groups excluding carboxylic acids is 1. The van der Waals surface area contributed by atoms with Crippen LogP contribution in [-0.2, 0) is 0 Å². The molecule has 3 rings (SSSR count). The maximum Gasteiger partial charge on any atom is 0.267 e. The van der Waals surface area contributed by atoms with Gasteiger partial charge in [-0.25, -0.2) is 4.98 Å². The van der Waals surface area contributed by atoms with Crippen LogP contribution in [0, 0.1) is 12.3 Å². The first-order chi connectivity index (χ1) is 11.9. The molecule has 0 radical (unpaired) electrons. The first-order valence-electron chi connectivity index (χ1n) is 8.24. The molecule has 0 aromatic carbocycles. The minimum absolute atomic E-state index is 0.0611. The number of fused-ring (bicyclic) bond motifs is 2. The van der Waals surface area contributed by atoms with Crippen molar-refractivity contribution in [3.05, 3.63) is 51.4 Å². The fourth-order valence-corrected chi connectivity index (χ4v) is 2.98. The maximum absolute atomic E-state index is 13.0. The molecule has 0 unspecified atom stereocenters. The second kappa shape index (κ2) is 6.16. The van der Waals surface area contributed by atoms with Gasteiger partial charge in [-0.05, 0) is 38.0 Å². The Morgan fingerprint density at radius 1 is 1.40 bits per heavy atom. The molecule has 7 nitrogen and oxygen atoms in total. The summed E-state index contributed by atoms with van der Waals surface area (Å²) >= 11 is 0. The summed E-state index contributed by atoms with van der Waals surface area (Å²) in [7, 11) is 1.51. The van der Waals surface area contributed by atoms with Crippen molar-refractivity contribution in [1.29, 1.82) is 5.41 Å². The average molecular weight is 339 g/mol. The van der Waals surface area contributed by atoms with Crippen molar-refractivity contribution in [2.24, 2.45) is 0 Å². The first-order valence-corrected chi connectivity index (χ1v) is 8.24. The Labute approximate surface area is 144 Å². The molecule has 0 spiro atoms. The third-order valence-corrected chi connectivity index (χ3v) is 4.58. The van der Waals surface area contributed by atoms with Crippen LogP contribution < -0.4 is 16.4 Å². The predicted molar refractivity (Wildman–Crippen MR) is 95.9 cm³/mol. The van der Waals surface area contributed by atoms with Crippen molar-refractivity contribution in [2.75, 3.05) is 7.05 Å². The third-order valence-electron chi connectivity index (χ3n) is 4.58. The maximum atomic E-state index is 13.0. The van der Waals surface area contributed by atoms with Crippen LogP contribution in [0.4, 0.5) is 0 Å².